The Labute approximate surface area is 173 Å². The molecule has 1 aliphatic rings. The molecule has 0 radical (unpaired) electrons. The molecule has 0 bridgehead atoms. The number of nitrogens with one attached hydrogen (secondary N) is 2. The van der Waals surface area contributed by atoms with E-state index < -0.39 is 18.1 Å². The number of hydrogen-bond acceptors (Lipinski definition) is 5. The number of nitrogens with zero attached hydrogens (tertiary/aromatic N) is 4. The Morgan fingerprint density at radius 1 is 1.13 bits per heavy atom. The van der Waals surface area contributed by atoms with Crippen LogP contribution in [0.25, 0.3) is 5.65 Å². The number of hydrogen-bond donors (Lipinski definition) is 2. The number of fused-ring (bicyclic) bond motifs is 1. The van der Waals surface area contributed by atoms with Crippen molar-refractivity contribution in [1.29, 1.82) is 0 Å². The van der Waals surface area contributed by atoms with Crippen molar-refractivity contribution in [3.8, 4) is 0 Å². The van der Waals surface area contributed by atoms with Crippen LogP contribution in [0, 0.1) is 0 Å². The highest BCUT2D eigenvalue weighted by molar-refractivity contribution is 6.05. The van der Waals surface area contributed by atoms with E-state index in [1.807, 2.05) is 54.7 Å². The Kier molecular flexibility index (Phi) is 5.42. The molecular weight excluding hydrogens is 384 g/mol. The summed E-state index contributed by atoms with van der Waals surface area (Å²) < 4.78 is 1.79. The molecule has 3 heterocycles. The van der Waals surface area contributed by atoms with Crippen LogP contribution in [0.15, 0.2) is 54.7 Å². The molecule has 4 rings (SSSR count). The maximum Gasteiger partial charge on any atom is 0.324 e. The average Bonchev–Trinajstić information content (AvgIpc) is 3.28. The first kappa shape index (κ1) is 19.6. The first-order chi connectivity index (χ1) is 14.5. The summed E-state index contributed by atoms with van der Waals surface area (Å²) in [5, 5.41) is 13.6. The lowest BCUT2D eigenvalue weighted by atomic mass is 10.1. The molecular formula is C21H22N6O3. The van der Waals surface area contributed by atoms with Gasteiger partial charge in [0.05, 0.1) is 12.5 Å². The second-order valence-electron chi connectivity index (χ2n) is 7.21. The fourth-order valence-corrected chi connectivity index (χ4v) is 3.52. The van der Waals surface area contributed by atoms with Crippen LogP contribution in [0.5, 0.6) is 0 Å². The zero-order valence-corrected chi connectivity index (χ0v) is 16.5. The van der Waals surface area contributed by atoms with Crippen LogP contribution in [0.3, 0.4) is 0 Å². The van der Waals surface area contributed by atoms with Crippen LogP contribution in [0.1, 0.15) is 30.8 Å². The smallest absolute Gasteiger partial charge is 0.324 e. The zero-order chi connectivity index (χ0) is 21.1. The molecule has 0 unspecified atom stereocenters. The lowest BCUT2D eigenvalue weighted by molar-refractivity contribution is -0.131. The average molecular weight is 406 g/mol. The van der Waals surface area contributed by atoms with Gasteiger partial charge in [-0.2, -0.15) is 0 Å². The Bertz CT molecular complexity index is 1080. The number of carbonyl (C=O) groups excluding carboxylic acids is 3. The van der Waals surface area contributed by atoms with Gasteiger partial charge in [0.15, 0.2) is 11.5 Å². The molecule has 0 aliphatic carbocycles. The minimum Gasteiger partial charge on any atom is -0.346 e. The third kappa shape index (κ3) is 4.00. The summed E-state index contributed by atoms with van der Waals surface area (Å²) in [5.41, 5.74) is 1.72. The van der Waals surface area contributed by atoms with Crippen LogP contribution in [0.4, 0.5) is 4.79 Å². The number of aromatic nitrogens is 3. The van der Waals surface area contributed by atoms with Crippen LogP contribution < -0.4 is 10.6 Å². The van der Waals surface area contributed by atoms with Gasteiger partial charge in [-0.05, 0) is 31.0 Å². The summed E-state index contributed by atoms with van der Waals surface area (Å²) in [6.45, 7) is 2.07. The molecule has 1 aromatic carbocycles. The van der Waals surface area contributed by atoms with E-state index in [9.17, 15) is 14.4 Å². The summed E-state index contributed by atoms with van der Waals surface area (Å²) >= 11 is 0. The molecule has 1 aliphatic heterocycles. The van der Waals surface area contributed by atoms with E-state index in [4.69, 9.17) is 0 Å². The number of carbonyl (C=O) groups is 3. The number of urea groups is 1. The highest BCUT2D eigenvalue weighted by atomic mass is 16.2. The summed E-state index contributed by atoms with van der Waals surface area (Å²) in [6.07, 6.45) is 2.25. The summed E-state index contributed by atoms with van der Waals surface area (Å²) in [6, 6.07) is 13.4. The van der Waals surface area contributed by atoms with E-state index in [1.54, 1.807) is 11.3 Å². The molecule has 0 spiro atoms. The molecule has 2 atom stereocenters. The summed E-state index contributed by atoms with van der Waals surface area (Å²) in [5.74, 6) is -0.143. The molecule has 1 fully saturated rings. The maximum atomic E-state index is 12.6. The van der Waals surface area contributed by atoms with Crippen molar-refractivity contribution in [2.45, 2.75) is 31.8 Å². The number of imide groups is 1. The van der Waals surface area contributed by atoms with Crippen molar-refractivity contribution < 1.29 is 14.4 Å². The van der Waals surface area contributed by atoms with Gasteiger partial charge < -0.3 is 10.6 Å². The van der Waals surface area contributed by atoms with E-state index >= 15 is 0 Å². The Balaban J connectivity index is 1.34. The van der Waals surface area contributed by atoms with E-state index in [0.717, 1.165) is 5.56 Å². The van der Waals surface area contributed by atoms with Crippen LogP contribution >= 0.6 is 0 Å². The maximum absolute atomic E-state index is 12.6. The highest BCUT2D eigenvalue weighted by Gasteiger charge is 2.38. The lowest BCUT2D eigenvalue weighted by Crippen LogP contribution is -2.38. The molecule has 30 heavy (non-hydrogen) atoms. The SMILES string of the molecule is C[C@H](NC(=O)C[C@@H]1NC(=O)N(CCc2ccccc2)C1=O)c1nnc2ccccn12. The third-order valence-corrected chi connectivity index (χ3v) is 5.07. The normalized spacial score (nSPS) is 17.2. The van der Waals surface area contributed by atoms with E-state index in [-0.39, 0.29) is 24.8 Å². The van der Waals surface area contributed by atoms with E-state index in [2.05, 4.69) is 20.8 Å². The second kappa shape index (κ2) is 8.32. The fourth-order valence-electron chi connectivity index (χ4n) is 3.52. The fraction of sp³-hybridized carbons (Fsp3) is 0.286. The lowest BCUT2D eigenvalue weighted by Gasteiger charge is -2.15. The molecule has 3 aromatic rings. The molecule has 2 N–H and O–H groups in total. The van der Waals surface area contributed by atoms with Crippen LogP contribution in [-0.4, -0.2) is 49.9 Å². The van der Waals surface area contributed by atoms with Crippen molar-refractivity contribution >= 4 is 23.5 Å². The summed E-state index contributed by atoms with van der Waals surface area (Å²) in [4.78, 5) is 38.4. The van der Waals surface area contributed by atoms with Crippen LogP contribution in [0.2, 0.25) is 0 Å². The molecule has 2 aromatic heterocycles. The standard InChI is InChI=1S/C21H22N6O3/c1-14(19-25-24-17-9-5-6-11-26(17)19)22-18(28)13-16-20(29)27(21(30)23-16)12-10-15-7-3-2-4-8-15/h2-9,11,14,16H,10,12-13H2,1H3,(H,22,28)(H,23,30)/t14-,16-/m0/s1. The predicted molar refractivity (Wildman–Crippen MR) is 108 cm³/mol. The third-order valence-electron chi connectivity index (χ3n) is 5.07. The van der Waals surface area contributed by atoms with Gasteiger partial charge in [0.1, 0.15) is 6.04 Å². The van der Waals surface area contributed by atoms with Crippen molar-refractivity contribution in [3.63, 3.8) is 0 Å². The molecule has 1 saturated heterocycles. The Morgan fingerprint density at radius 3 is 2.70 bits per heavy atom. The van der Waals surface area contributed by atoms with Gasteiger partial charge in [0.2, 0.25) is 5.91 Å². The van der Waals surface area contributed by atoms with Crippen molar-refractivity contribution in [2.24, 2.45) is 0 Å². The number of benzene rings is 1. The summed E-state index contributed by atoms with van der Waals surface area (Å²) in [7, 11) is 0. The minimum atomic E-state index is -0.865. The van der Waals surface area contributed by atoms with Gasteiger partial charge in [-0.3, -0.25) is 18.9 Å². The number of amides is 4. The van der Waals surface area contributed by atoms with Gasteiger partial charge in [-0.25, -0.2) is 4.79 Å². The van der Waals surface area contributed by atoms with Gasteiger partial charge in [0.25, 0.3) is 5.91 Å². The van der Waals surface area contributed by atoms with Crippen LogP contribution in [-0.2, 0) is 16.0 Å². The van der Waals surface area contributed by atoms with Crippen molar-refractivity contribution in [1.82, 2.24) is 30.1 Å². The van der Waals surface area contributed by atoms with Crippen molar-refractivity contribution in [2.75, 3.05) is 6.54 Å². The topological polar surface area (TPSA) is 109 Å². The van der Waals surface area contributed by atoms with E-state index in [1.165, 1.54) is 4.90 Å². The Morgan fingerprint density at radius 2 is 1.90 bits per heavy atom. The number of rotatable bonds is 7. The predicted octanol–water partition coefficient (Wildman–Crippen LogP) is 1.46. The monoisotopic (exact) mass is 406 g/mol. The zero-order valence-electron chi connectivity index (χ0n) is 16.5. The molecule has 4 amide bonds. The van der Waals surface area contributed by atoms with Gasteiger partial charge in [0, 0.05) is 12.7 Å². The van der Waals surface area contributed by atoms with Gasteiger partial charge in [-0.1, -0.05) is 36.4 Å². The van der Waals surface area contributed by atoms with Gasteiger partial charge >= 0.3 is 6.03 Å². The first-order valence-corrected chi connectivity index (χ1v) is 9.78. The van der Waals surface area contributed by atoms with Crippen molar-refractivity contribution in [3.05, 3.63) is 66.1 Å². The Hall–Kier alpha value is -3.75. The number of pyridine rings is 1. The second-order valence-corrected chi connectivity index (χ2v) is 7.21. The highest BCUT2D eigenvalue weighted by Crippen LogP contribution is 2.14. The van der Waals surface area contributed by atoms with E-state index in [0.29, 0.717) is 17.9 Å². The molecule has 9 heteroatoms. The molecule has 9 nitrogen and oxygen atoms in total. The minimum absolute atomic E-state index is 0.131. The largest absolute Gasteiger partial charge is 0.346 e. The molecule has 154 valence electrons. The quantitative estimate of drug-likeness (QED) is 0.578. The first-order valence-electron chi connectivity index (χ1n) is 9.78. The van der Waals surface area contributed by atoms with Gasteiger partial charge in [-0.15, -0.1) is 10.2 Å². The molecule has 0 saturated carbocycles.